The van der Waals surface area contributed by atoms with E-state index in [4.69, 9.17) is 10.5 Å². The third-order valence-electron chi connectivity index (χ3n) is 2.86. The minimum absolute atomic E-state index is 0.0954. The molecule has 0 fully saturated rings. The minimum atomic E-state index is 0.0954. The van der Waals surface area contributed by atoms with E-state index < -0.39 is 0 Å². The van der Waals surface area contributed by atoms with Crippen LogP contribution in [0, 0.1) is 0 Å². The van der Waals surface area contributed by atoms with Crippen LogP contribution in [-0.2, 0) is 0 Å². The van der Waals surface area contributed by atoms with Crippen LogP contribution in [0.2, 0.25) is 0 Å². The standard InChI is InChI=1S/C16H19NO/c1-2-7-16(13-8-4-3-5-9-13)18-15-11-6-10-14(17)12-15/h3-6,8-12,16H,2,7,17H2,1H3. The van der Waals surface area contributed by atoms with Crippen molar-refractivity contribution in [2.75, 3.05) is 5.73 Å². The van der Waals surface area contributed by atoms with Crippen molar-refractivity contribution in [2.45, 2.75) is 25.9 Å². The maximum absolute atomic E-state index is 6.04. The number of ether oxygens (including phenoxy) is 1. The Morgan fingerprint density at radius 1 is 1.06 bits per heavy atom. The number of nitrogens with two attached hydrogens (primary N) is 1. The van der Waals surface area contributed by atoms with Crippen molar-refractivity contribution in [1.82, 2.24) is 0 Å². The molecule has 0 bridgehead atoms. The first-order valence-electron chi connectivity index (χ1n) is 6.36. The molecule has 0 aliphatic carbocycles. The fourth-order valence-corrected chi connectivity index (χ4v) is 1.98. The van der Waals surface area contributed by atoms with E-state index in [2.05, 4.69) is 19.1 Å². The van der Waals surface area contributed by atoms with Crippen LogP contribution in [-0.4, -0.2) is 0 Å². The number of hydrogen-bond donors (Lipinski definition) is 1. The van der Waals surface area contributed by atoms with E-state index in [1.165, 1.54) is 5.56 Å². The largest absolute Gasteiger partial charge is 0.486 e. The van der Waals surface area contributed by atoms with E-state index in [-0.39, 0.29) is 6.10 Å². The van der Waals surface area contributed by atoms with Crippen molar-refractivity contribution >= 4 is 5.69 Å². The highest BCUT2D eigenvalue weighted by molar-refractivity contribution is 5.43. The molecule has 0 amide bonds. The molecule has 0 radical (unpaired) electrons. The Morgan fingerprint density at radius 3 is 2.50 bits per heavy atom. The summed E-state index contributed by atoms with van der Waals surface area (Å²) in [6, 6.07) is 17.9. The van der Waals surface area contributed by atoms with Gasteiger partial charge in [0.05, 0.1) is 0 Å². The van der Waals surface area contributed by atoms with Crippen LogP contribution in [0.15, 0.2) is 54.6 Å². The lowest BCUT2D eigenvalue weighted by Crippen LogP contribution is -2.07. The zero-order valence-corrected chi connectivity index (χ0v) is 10.7. The monoisotopic (exact) mass is 241 g/mol. The van der Waals surface area contributed by atoms with Gasteiger partial charge >= 0.3 is 0 Å². The molecule has 0 aliphatic rings. The lowest BCUT2D eigenvalue weighted by Gasteiger charge is -2.19. The van der Waals surface area contributed by atoms with Gasteiger partial charge in [-0.05, 0) is 24.1 Å². The highest BCUT2D eigenvalue weighted by Crippen LogP contribution is 2.26. The maximum atomic E-state index is 6.04. The summed E-state index contributed by atoms with van der Waals surface area (Å²) >= 11 is 0. The van der Waals surface area contributed by atoms with Gasteiger partial charge in [-0.2, -0.15) is 0 Å². The van der Waals surface area contributed by atoms with Crippen molar-refractivity contribution < 1.29 is 4.74 Å². The SMILES string of the molecule is CCCC(Oc1cccc(N)c1)c1ccccc1. The summed E-state index contributed by atoms with van der Waals surface area (Å²) in [5.74, 6) is 0.831. The predicted octanol–water partition coefficient (Wildman–Crippen LogP) is 4.19. The quantitative estimate of drug-likeness (QED) is 0.797. The van der Waals surface area contributed by atoms with Crippen LogP contribution in [0.5, 0.6) is 5.75 Å². The molecule has 1 atom stereocenters. The van der Waals surface area contributed by atoms with Crippen molar-refractivity contribution in [3.8, 4) is 5.75 Å². The molecule has 2 aromatic carbocycles. The Balaban J connectivity index is 2.16. The molecule has 0 aliphatic heterocycles. The second kappa shape index (κ2) is 6.10. The number of hydrogen-bond acceptors (Lipinski definition) is 2. The van der Waals surface area contributed by atoms with Gasteiger partial charge in [-0.3, -0.25) is 0 Å². The molecule has 94 valence electrons. The van der Waals surface area contributed by atoms with Gasteiger partial charge in [0, 0.05) is 11.8 Å². The Bertz CT molecular complexity index is 481. The molecule has 0 aromatic heterocycles. The lowest BCUT2D eigenvalue weighted by molar-refractivity contribution is 0.194. The fraction of sp³-hybridized carbons (Fsp3) is 0.250. The van der Waals surface area contributed by atoms with Gasteiger partial charge in [-0.25, -0.2) is 0 Å². The molecular formula is C16H19NO. The van der Waals surface area contributed by atoms with E-state index in [0.717, 1.165) is 24.3 Å². The van der Waals surface area contributed by atoms with Crippen molar-refractivity contribution in [1.29, 1.82) is 0 Å². The van der Waals surface area contributed by atoms with Crippen molar-refractivity contribution in [3.05, 3.63) is 60.2 Å². The molecular weight excluding hydrogens is 222 g/mol. The summed E-state index contributed by atoms with van der Waals surface area (Å²) in [5.41, 5.74) is 7.71. The average molecular weight is 241 g/mol. The van der Waals surface area contributed by atoms with E-state index in [1.807, 2.05) is 42.5 Å². The maximum Gasteiger partial charge on any atom is 0.124 e. The van der Waals surface area contributed by atoms with Crippen LogP contribution in [0.1, 0.15) is 31.4 Å². The zero-order chi connectivity index (χ0) is 12.8. The van der Waals surface area contributed by atoms with E-state index >= 15 is 0 Å². The van der Waals surface area contributed by atoms with E-state index in [9.17, 15) is 0 Å². The van der Waals surface area contributed by atoms with Crippen LogP contribution in [0.4, 0.5) is 5.69 Å². The molecule has 2 heteroatoms. The summed E-state index contributed by atoms with van der Waals surface area (Å²) < 4.78 is 6.04. The highest BCUT2D eigenvalue weighted by atomic mass is 16.5. The number of benzene rings is 2. The summed E-state index contributed by atoms with van der Waals surface area (Å²) in [5, 5.41) is 0. The third kappa shape index (κ3) is 3.27. The van der Waals surface area contributed by atoms with Crippen LogP contribution in [0.25, 0.3) is 0 Å². The Labute approximate surface area is 108 Å². The Kier molecular flexibility index (Phi) is 4.24. The van der Waals surface area contributed by atoms with E-state index in [1.54, 1.807) is 0 Å². The van der Waals surface area contributed by atoms with Crippen LogP contribution in [0.3, 0.4) is 0 Å². The molecule has 0 heterocycles. The average Bonchev–Trinajstić information content (AvgIpc) is 2.39. The summed E-state index contributed by atoms with van der Waals surface area (Å²) in [4.78, 5) is 0. The minimum Gasteiger partial charge on any atom is -0.486 e. The molecule has 2 aromatic rings. The third-order valence-corrected chi connectivity index (χ3v) is 2.86. The van der Waals surface area contributed by atoms with Gasteiger partial charge in [0.15, 0.2) is 0 Å². The normalized spacial score (nSPS) is 12.1. The van der Waals surface area contributed by atoms with Crippen molar-refractivity contribution in [3.63, 3.8) is 0 Å². The summed E-state index contributed by atoms with van der Waals surface area (Å²) in [6.45, 7) is 2.17. The molecule has 0 saturated heterocycles. The molecule has 2 nitrogen and oxygen atoms in total. The van der Waals surface area contributed by atoms with Crippen LogP contribution < -0.4 is 10.5 Å². The molecule has 2 N–H and O–H groups in total. The first-order valence-corrected chi connectivity index (χ1v) is 6.36. The highest BCUT2D eigenvalue weighted by Gasteiger charge is 2.11. The topological polar surface area (TPSA) is 35.2 Å². The second-order valence-electron chi connectivity index (χ2n) is 4.38. The molecule has 1 unspecified atom stereocenters. The van der Waals surface area contributed by atoms with E-state index in [0.29, 0.717) is 0 Å². The number of anilines is 1. The first kappa shape index (κ1) is 12.5. The molecule has 0 saturated carbocycles. The van der Waals surface area contributed by atoms with Gasteiger partial charge in [-0.1, -0.05) is 49.7 Å². The smallest absolute Gasteiger partial charge is 0.124 e. The van der Waals surface area contributed by atoms with Crippen LogP contribution >= 0.6 is 0 Å². The van der Waals surface area contributed by atoms with Gasteiger partial charge < -0.3 is 10.5 Å². The van der Waals surface area contributed by atoms with Gasteiger partial charge in [-0.15, -0.1) is 0 Å². The fourth-order valence-electron chi connectivity index (χ4n) is 1.98. The molecule has 18 heavy (non-hydrogen) atoms. The number of nitrogen functional groups attached to an aromatic ring is 1. The lowest BCUT2D eigenvalue weighted by atomic mass is 10.1. The van der Waals surface area contributed by atoms with Gasteiger partial charge in [0.25, 0.3) is 0 Å². The Morgan fingerprint density at radius 2 is 1.83 bits per heavy atom. The second-order valence-corrected chi connectivity index (χ2v) is 4.38. The summed E-state index contributed by atoms with van der Waals surface area (Å²) in [7, 11) is 0. The molecule has 0 spiro atoms. The van der Waals surface area contributed by atoms with Crippen molar-refractivity contribution in [2.24, 2.45) is 0 Å². The summed E-state index contributed by atoms with van der Waals surface area (Å²) in [6.07, 6.45) is 2.18. The zero-order valence-electron chi connectivity index (χ0n) is 10.7. The Hall–Kier alpha value is -1.96. The van der Waals surface area contributed by atoms with Gasteiger partial charge in [0.1, 0.15) is 11.9 Å². The predicted molar refractivity (Wildman–Crippen MR) is 75.6 cm³/mol. The first-order chi connectivity index (χ1) is 8.79. The number of rotatable bonds is 5. The molecule has 2 rings (SSSR count). The van der Waals surface area contributed by atoms with Gasteiger partial charge in [0.2, 0.25) is 0 Å².